The molecule has 2 N–H and O–H groups in total. The van der Waals surface area contributed by atoms with Gasteiger partial charge in [0.15, 0.2) is 5.82 Å². The van der Waals surface area contributed by atoms with E-state index in [1.165, 1.54) is 0 Å². The molecular formula is C12H12ClN3S. The summed E-state index contributed by atoms with van der Waals surface area (Å²) >= 11 is 11.1. The van der Waals surface area contributed by atoms with Crippen molar-refractivity contribution in [3.05, 3.63) is 52.6 Å². The highest BCUT2D eigenvalue weighted by molar-refractivity contribution is 7.80. The van der Waals surface area contributed by atoms with E-state index in [4.69, 9.17) is 29.6 Å². The number of hydrogen-bond acceptors (Lipinski definition) is 2. The zero-order valence-electron chi connectivity index (χ0n) is 9.35. The van der Waals surface area contributed by atoms with Gasteiger partial charge in [0.1, 0.15) is 4.99 Å². The molecule has 0 fully saturated rings. The summed E-state index contributed by atoms with van der Waals surface area (Å²) in [5, 5.41) is 0.743. The van der Waals surface area contributed by atoms with Crippen molar-refractivity contribution in [3.8, 4) is 0 Å². The summed E-state index contributed by atoms with van der Waals surface area (Å²) in [4.78, 5) is 4.40. The minimum absolute atomic E-state index is 0.290. The lowest BCUT2D eigenvalue weighted by Gasteiger charge is -2.09. The third-order valence-corrected chi connectivity index (χ3v) is 3.02. The van der Waals surface area contributed by atoms with Crippen molar-refractivity contribution in [1.82, 2.24) is 9.55 Å². The van der Waals surface area contributed by atoms with Crippen molar-refractivity contribution in [1.29, 1.82) is 0 Å². The predicted molar refractivity (Wildman–Crippen MR) is 73.4 cm³/mol. The first-order chi connectivity index (χ1) is 8.08. The molecule has 1 aromatic heterocycles. The van der Waals surface area contributed by atoms with Gasteiger partial charge in [-0.25, -0.2) is 4.98 Å². The maximum absolute atomic E-state index is 6.18. The summed E-state index contributed by atoms with van der Waals surface area (Å²) in [7, 11) is 0. The minimum atomic E-state index is 0.290. The summed E-state index contributed by atoms with van der Waals surface area (Å²) < 4.78 is 1.89. The fourth-order valence-corrected chi connectivity index (χ4v) is 2.09. The number of aromatic nitrogens is 2. The van der Waals surface area contributed by atoms with Gasteiger partial charge in [0.25, 0.3) is 0 Å². The molecule has 0 aliphatic carbocycles. The Morgan fingerprint density at radius 2 is 2.29 bits per heavy atom. The number of halogens is 1. The van der Waals surface area contributed by atoms with Crippen molar-refractivity contribution in [3.63, 3.8) is 0 Å². The molecule has 5 heteroatoms. The van der Waals surface area contributed by atoms with E-state index in [9.17, 15) is 0 Å². The van der Waals surface area contributed by atoms with Gasteiger partial charge in [-0.15, -0.1) is 0 Å². The molecule has 0 unspecified atom stereocenters. The van der Waals surface area contributed by atoms with Crippen LogP contribution in [-0.2, 0) is 6.54 Å². The number of nitrogens with zero attached hydrogens (tertiary/aromatic N) is 2. The van der Waals surface area contributed by atoms with E-state index < -0.39 is 0 Å². The molecule has 17 heavy (non-hydrogen) atoms. The van der Waals surface area contributed by atoms with Crippen LogP contribution in [0, 0.1) is 6.92 Å². The standard InChI is InChI=1S/C12H12ClN3S/c1-8-2-3-9(10(13)6-8)7-16-5-4-15-12(16)11(14)17/h2-6H,7H2,1H3,(H2,14,17). The van der Waals surface area contributed by atoms with Crippen LogP contribution in [0.15, 0.2) is 30.6 Å². The predicted octanol–water partition coefficient (Wildman–Crippen LogP) is 2.53. The van der Waals surface area contributed by atoms with Gasteiger partial charge in [-0.1, -0.05) is 36.0 Å². The van der Waals surface area contributed by atoms with Gasteiger partial charge in [0.2, 0.25) is 0 Å². The number of hydrogen-bond donors (Lipinski definition) is 1. The van der Waals surface area contributed by atoms with Crippen molar-refractivity contribution in [2.24, 2.45) is 5.73 Å². The molecule has 0 amide bonds. The van der Waals surface area contributed by atoms with Crippen LogP contribution in [-0.4, -0.2) is 14.5 Å². The monoisotopic (exact) mass is 265 g/mol. The number of thiocarbonyl (C=S) groups is 1. The maximum Gasteiger partial charge on any atom is 0.167 e. The summed E-state index contributed by atoms with van der Waals surface area (Å²) in [6.45, 7) is 2.62. The molecule has 0 saturated carbocycles. The fraction of sp³-hybridized carbons (Fsp3) is 0.167. The molecule has 1 heterocycles. The van der Waals surface area contributed by atoms with Crippen molar-refractivity contribution in [2.45, 2.75) is 13.5 Å². The van der Waals surface area contributed by atoms with Gasteiger partial charge in [-0.2, -0.15) is 0 Å². The Labute approximate surface area is 110 Å². The Morgan fingerprint density at radius 3 is 2.94 bits per heavy atom. The zero-order chi connectivity index (χ0) is 12.4. The summed E-state index contributed by atoms with van der Waals surface area (Å²) in [5.41, 5.74) is 7.75. The topological polar surface area (TPSA) is 43.8 Å². The average molecular weight is 266 g/mol. The Morgan fingerprint density at radius 1 is 1.53 bits per heavy atom. The van der Waals surface area contributed by atoms with E-state index in [0.717, 1.165) is 16.1 Å². The van der Waals surface area contributed by atoms with Crippen LogP contribution in [0.4, 0.5) is 0 Å². The average Bonchev–Trinajstić information content (AvgIpc) is 2.70. The van der Waals surface area contributed by atoms with E-state index in [2.05, 4.69) is 4.98 Å². The first kappa shape index (κ1) is 12.1. The molecule has 88 valence electrons. The van der Waals surface area contributed by atoms with Crippen LogP contribution in [0.2, 0.25) is 5.02 Å². The van der Waals surface area contributed by atoms with E-state index in [1.807, 2.05) is 35.9 Å². The van der Waals surface area contributed by atoms with E-state index in [0.29, 0.717) is 17.4 Å². The normalized spacial score (nSPS) is 10.5. The van der Waals surface area contributed by atoms with Gasteiger partial charge < -0.3 is 10.3 Å². The van der Waals surface area contributed by atoms with Crippen LogP contribution >= 0.6 is 23.8 Å². The first-order valence-corrected chi connectivity index (χ1v) is 5.92. The first-order valence-electron chi connectivity index (χ1n) is 5.14. The number of benzene rings is 1. The highest BCUT2D eigenvalue weighted by Crippen LogP contribution is 2.19. The molecule has 0 bridgehead atoms. The highest BCUT2D eigenvalue weighted by atomic mass is 35.5. The molecule has 0 aliphatic rings. The number of imidazole rings is 1. The number of nitrogens with two attached hydrogens (primary N) is 1. The lowest BCUT2D eigenvalue weighted by Crippen LogP contribution is -2.17. The van der Waals surface area contributed by atoms with Crippen LogP contribution in [0.25, 0.3) is 0 Å². The van der Waals surface area contributed by atoms with Crippen molar-refractivity contribution >= 4 is 28.8 Å². The second-order valence-corrected chi connectivity index (χ2v) is 4.68. The van der Waals surface area contributed by atoms with Gasteiger partial charge in [-0.05, 0) is 24.1 Å². The molecule has 3 nitrogen and oxygen atoms in total. The Kier molecular flexibility index (Phi) is 3.45. The van der Waals surface area contributed by atoms with Gasteiger partial charge >= 0.3 is 0 Å². The molecule has 2 rings (SSSR count). The van der Waals surface area contributed by atoms with E-state index in [1.54, 1.807) is 6.20 Å². The molecule has 0 aliphatic heterocycles. The molecule has 0 atom stereocenters. The molecule has 1 aromatic carbocycles. The van der Waals surface area contributed by atoms with Gasteiger partial charge in [-0.3, -0.25) is 0 Å². The minimum Gasteiger partial charge on any atom is -0.387 e. The second kappa shape index (κ2) is 4.85. The summed E-state index contributed by atoms with van der Waals surface area (Å²) in [6, 6.07) is 5.97. The fourth-order valence-electron chi connectivity index (χ4n) is 1.63. The highest BCUT2D eigenvalue weighted by Gasteiger charge is 2.07. The third-order valence-electron chi connectivity index (χ3n) is 2.49. The molecule has 0 spiro atoms. The Hall–Kier alpha value is -1.39. The van der Waals surface area contributed by atoms with Gasteiger partial charge in [0.05, 0.1) is 6.54 Å². The third kappa shape index (κ3) is 2.65. The Balaban J connectivity index is 2.31. The molecular weight excluding hydrogens is 254 g/mol. The maximum atomic E-state index is 6.18. The lowest BCUT2D eigenvalue weighted by molar-refractivity contribution is 0.788. The van der Waals surface area contributed by atoms with Crippen LogP contribution in [0.1, 0.15) is 17.0 Å². The van der Waals surface area contributed by atoms with Crippen LogP contribution in [0.5, 0.6) is 0 Å². The Bertz CT molecular complexity index is 563. The molecule has 0 radical (unpaired) electrons. The quantitative estimate of drug-likeness (QED) is 0.868. The molecule has 0 saturated heterocycles. The van der Waals surface area contributed by atoms with Crippen molar-refractivity contribution in [2.75, 3.05) is 0 Å². The summed E-state index contributed by atoms with van der Waals surface area (Å²) in [6.07, 6.45) is 3.52. The van der Waals surface area contributed by atoms with E-state index >= 15 is 0 Å². The smallest absolute Gasteiger partial charge is 0.167 e. The van der Waals surface area contributed by atoms with Crippen LogP contribution in [0.3, 0.4) is 0 Å². The van der Waals surface area contributed by atoms with Gasteiger partial charge in [0, 0.05) is 17.4 Å². The van der Waals surface area contributed by atoms with Crippen LogP contribution < -0.4 is 5.73 Å². The second-order valence-electron chi connectivity index (χ2n) is 3.84. The molecule has 2 aromatic rings. The number of rotatable bonds is 3. The summed E-state index contributed by atoms with van der Waals surface area (Å²) in [5.74, 6) is 0.608. The zero-order valence-corrected chi connectivity index (χ0v) is 10.9. The number of aryl methyl sites for hydroxylation is 1. The SMILES string of the molecule is Cc1ccc(Cn2ccnc2C(N)=S)c(Cl)c1. The van der Waals surface area contributed by atoms with E-state index in [-0.39, 0.29) is 0 Å². The van der Waals surface area contributed by atoms with Crippen molar-refractivity contribution < 1.29 is 0 Å². The lowest BCUT2D eigenvalue weighted by atomic mass is 10.1. The largest absolute Gasteiger partial charge is 0.387 e.